The highest BCUT2D eigenvalue weighted by molar-refractivity contribution is 7.26. The summed E-state index contributed by atoms with van der Waals surface area (Å²) in [6, 6.07) is 44.5. The van der Waals surface area contributed by atoms with Crippen molar-refractivity contribution in [1.82, 2.24) is 15.0 Å². The molecule has 6 heteroatoms. The van der Waals surface area contributed by atoms with Crippen LogP contribution >= 0.6 is 22.7 Å². The molecule has 4 nitrogen and oxygen atoms in total. The Morgan fingerprint density at radius 2 is 0.778 bits per heavy atom. The Morgan fingerprint density at radius 1 is 0.356 bits per heavy atom. The van der Waals surface area contributed by atoms with Gasteiger partial charge in [0.2, 0.25) is 0 Å². The lowest BCUT2D eigenvalue weighted by Gasteiger charge is -2.09. The zero-order chi connectivity index (χ0) is 29.5. The average Bonchev–Trinajstić information content (AvgIpc) is 3.78. The van der Waals surface area contributed by atoms with Gasteiger partial charge in [0.15, 0.2) is 17.5 Å². The van der Waals surface area contributed by atoms with E-state index in [9.17, 15) is 0 Å². The van der Waals surface area contributed by atoms with Crippen LogP contribution in [0.4, 0.5) is 0 Å². The Morgan fingerprint density at radius 3 is 1.36 bits per heavy atom. The first-order chi connectivity index (χ1) is 22.2. The third-order valence-corrected chi connectivity index (χ3v) is 10.8. The van der Waals surface area contributed by atoms with Gasteiger partial charge < -0.3 is 4.42 Å². The minimum absolute atomic E-state index is 0.616. The van der Waals surface area contributed by atoms with Crippen LogP contribution in [0, 0.1) is 0 Å². The molecule has 45 heavy (non-hydrogen) atoms. The van der Waals surface area contributed by atoms with Gasteiger partial charge in [-0.1, -0.05) is 84.9 Å². The predicted octanol–water partition coefficient (Wildman–Crippen LogP) is 11.5. The fourth-order valence-corrected chi connectivity index (χ4v) is 8.65. The molecule has 0 aliphatic carbocycles. The Bertz CT molecular complexity index is 2470. The monoisotopic (exact) mass is 611 g/mol. The number of aromatic nitrogens is 3. The van der Waals surface area contributed by atoms with Crippen LogP contribution in [0.5, 0.6) is 0 Å². The summed E-state index contributed by atoms with van der Waals surface area (Å²) in [4.78, 5) is 15.2. The molecule has 0 aliphatic rings. The van der Waals surface area contributed by atoms with Crippen LogP contribution in [0.3, 0.4) is 0 Å². The molecule has 210 valence electrons. The molecule has 0 N–H and O–H groups in total. The number of rotatable bonds is 3. The highest BCUT2D eigenvalue weighted by Gasteiger charge is 2.17. The van der Waals surface area contributed by atoms with E-state index >= 15 is 0 Å². The Labute approximate surface area is 264 Å². The van der Waals surface area contributed by atoms with Crippen molar-refractivity contribution in [3.05, 3.63) is 127 Å². The summed E-state index contributed by atoms with van der Waals surface area (Å²) in [6.07, 6.45) is 0. The van der Waals surface area contributed by atoms with Crippen molar-refractivity contribution in [2.75, 3.05) is 0 Å². The van der Waals surface area contributed by atoms with Gasteiger partial charge in [-0.15, -0.1) is 22.7 Å². The summed E-state index contributed by atoms with van der Waals surface area (Å²) in [5, 5.41) is 7.23. The van der Waals surface area contributed by atoms with Crippen LogP contribution in [0.25, 0.3) is 96.4 Å². The maximum atomic E-state index is 6.23. The van der Waals surface area contributed by atoms with Crippen molar-refractivity contribution in [3.63, 3.8) is 0 Å². The van der Waals surface area contributed by atoms with E-state index in [1.807, 2.05) is 24.3 Å². The Hall–Kier alpha value is -5.43. The van der Waals surface area contributed by atoms with Gasteiger partial charge in [-0.3, -0.25) is 0 Å². The third-order valence-electron chi connectivity index (χ3n) is 8.55. The van der Waals surface area contributed by atoms with E-state index < -0.39 is 0 Å². The van der Waals surface area contributed by atoms with Crippen LogP contribution in [0.2, 0.25) is 0 Å². The van der Waals surface area contributed by atoms with Gasteiger partial charge in [-0.25, -0.2) is 15.0 Å². The molecule has 0 aliphatic heterocycles. The highest BCUT2D eigenvalue weighted by atomic mass is 32.1. The van der Waals surface area contributed by atoms with Gasteiger partial charge in [0.05, 0.1) is 0 Å². The molecule has 0 atom stereocenters. The van der Waals surface area contributed by atoms with E-state index in [2.05, 4.69) is 103 Å². The number of benzene rings is 6. The van der Waals surface area contributed by atoms with Crippen molar-refractivity contribution in [3.8, 4) is 34.2 Å². The largest absolute Gasteiger partial charge is 0.456 e. The summed E-state index contributed by atoms with van der Waals surface area (Å²) in [5.74, 6) is 1.91. The second kappa shape index (κ2) is 9.53. The number of fused-ring (bicyclic) bond motifs is 9. The second-order valence-electron chi connectivity index (χ2n) is 11.2. The summed E-state index contributed by atoms with van der Waals surface area (Å²) in [7, 11) is 0. The minimum Gasteiger partial charge on any atom is -0.456 e. The number of furan rings is 1. The summed E-state index contributed by atoms with van der Waals surface area (Å²) in [5.41, 5.74) is 4.50. The van der Waals surface area contributed by atoms with Gasteiger partial charge >= 0.3 is 0 Å². The highest BCUT2D eigenvalue weighted by Crippen LogP contribution is 2.39. The lowest BCUT2D eigenvalue weighted by atomic mass is 10.1. The van der Waals surface area contributed by atoms with E-state index in [0.717, 1.165) is 38.6 Å². The van der Waals surface area contributed by atoms with E-state index in [1.165, 1.54) is 40.3 Å². The Kier molecular flexibility index (Phi) is 5.29. The molecule has 0 unspecified atom stereocenters. The first-order valence-electron chi connectivity index (χ1n) is 14.8. The zero-order valence-electron chi connectivity index (χ0n) is 23.7. The molecular weight excluding hydrogens is 591 g/mol. The maximum absolute atomic E-state index is 6.23. The fraction of sp³-hybridized carbons (Fsp3) is 0. The van der Waals surface area contributed by atoms with Crippen molar-refractivity contribution >= 4 is 85.0 Å². The first-order valence-corrected chi connectivity index (χ1v) is 16.4. The predicted molar refractivity (Wildman–Crippen MR) is 189 cm³/mol. The van der Waals surface area contributed by atoms with Crippen LogP contribution in [-0.2, 0) is 0 Å². The van der Waals surface area contributed by atoms with E-state index in [4.69, 9.17) is 19.4 Å². The summed E-state index contributed by atoms with van der Waals surface area (Å²) in [6.45, 7) is 0. The minimum atomic E-state index is 0.616. The van der Waals surface area contributed by atoms with Crippen LogP contribution in [0.15, 0.2) is 132 Å². The number of hydrogen-bond acceptors (Lipinski definition) is 6. The molecule has 0 saturated carbocycles. The smallest absolute Gasteiger partial charge is 0.164 e. The van der Waals surface area contributed by atoms with Gasteiger partial charge in [-0.2, -0.15) is 0 Å². The molecule has 10 rings (SSSR count). The topological polar surface area (TPSA) is 51.8 Å². The lowest BCUT2D eigenvalue weighted by Crippen LogP contribution is -2.00. The molecule has 4 aromatic heterocycles. The second-order valence-corrected chi connectivity index (χ2v) is 13.4. The van der Waals surface area contributed by atoms with Gasteiger partial charge in [0.1, 0.15) is 11.2 Å². The quantitative estimate of drug-likeness (QED) is 0.199. The van der Waals surface area contributed by atoms with Crippen molar-refractivity contribution in [2.24, 2.45) is 0 Å². The number of nitrogens with zero attached hydrogens (tertiary/aromatic N) is 3. The molecular formula is C39H21N3OS2. The van der Waals surface area contributed by atoms with Crippen LogP contribution < -0.4 is 0 Å². The van der Waals surface area contributed by atoms with Gasteiger partial charge in [-0.05, 0) is 42.5 Å². The van der Waals surface area contributed by atoms with Crippen molar-refractivity contribution in [2.45, 2.75) is 0 Å². The number of para-hydroxylation sites is 1. The summed E-state index contributed by atoms with van der Waals surface area (Å²) < 4.78 is 11.2. The third kappa shape index (κ3) is 3.93. The van der Waals surface area contributed by atoms with Crippen LogP contribution in [0.1, 0.15) is 0 Å². The van der Waals surface area contributed by atoms with Crippen LogP contribution in [-0.4, -0.2) is 15.0 Å². The zero-order valence-corrected chi connectivity index (χ0v) is 25.3. The molecule has 0 radical (unpaired) electrons. The summed E-state index contributed by atoms with van der Waals surface area (Å²) >= 11 is 3.59. The molecule has 0 spiro atoms. The molecule has 0 bridgehead atoms. The van der Waals surface area contributed by atoms with Gasteiger partial charge in [0.25, 0.3) is 0 Å². The van der Waals surface area contributed by atoms with E-state index in [1.54, 1.807) is 22.7 Å². The number of thiophene rings is 2. The SMILES string of the molecule is c1ccc2c(c1)oc1cc(-c3nc(-c4ccc5c(c4)sc4ccccc45)nc(-c4ccc5c(c4)sc4ccccc45)n3)ccc12. The van der Waals surface area contributed by atoms with E-state index in [-0.39, 0.29) is 0 Å². The molecule has 4 heterocycles. The fourth-order valence-electron chi connectivity index (χ4n) is 6.36. The van der Waals surface area contributed by atoms with Crippen molar-refractivity contribution < 1.29 is 4.42 Å². The normalized spacial score (nSPS) is 12.0. The first kappa shape index (κ1) is 25.0. The maximum Gasteiger partial charge on any atom is 0.164 e. The molecule has 10 aromatic rings. The molecule has 0 saturated heterocycles. The Balaban J connectivity index is 1.18. The van der Waals surface area contributed by atoms with E-state index in [0.29, 0.717) is 17.5 Å². The standard InChI is InChI=1S/C39H21N3OS2/c1-4-10-31-25(7-1)26-16-13-22(19-32(26)43-31)37-40-38(23-14-17-29-27-8-2-5-11-33(27)44-35(29)20-23)42-39(41-37)24-15-18-30-28-9-3-6-12-34(28)45-36(30)21-24/h1-21H. The molecule has 0 amide bonds. The average molecular weight is 612 g/mol. The lowest BCUT2D eigenvalue weighted by molar-refractivity contribution is 0.669. The van der Waals surface area contributed by atoms with Crippen molar-refractivity contribution in [1.29, 1.82) is 0 Å². The molecule has 6 aromatic carbocycles. The van der Waals surface area contributed by atoms with Gasteiger partial charge in [0, 0.05) is 67.8 Å². The number of hydrogen-bond donors (Lipinski definition) is 0. The molecule has 0 fully saturated rings.